The minimum absolute atomic E-state index is 0.119. The van der Waals surface area contributed by atoms with E-state index in [2.05, 4.69) is 17.1 Å². The number of rotatable bonds is 3. The topological polar surface area (TPSA) is 56.0 Å². The molecule has 0 N–H and O–H groups in total. The Balaban J connectivity index is 2.22. The first-order chi connectivity index (χ1) is 8.16. The van der Waals surface area contributed by atoms with Crippen LogP contribution in [0.25, 0.3) is 0 Å². The summed E-state index contributed by atoms with van der Waals surface area (Å²) < 4.78 is 0. The molecule has 0 saturated heterocycles. The third-order valence-corrected chi connectivity index (χ3v) is 3.87. The van der Waals surface area contributed by atoms with Gasteiger partial charge in [0.25, 0.3) is 0 Å². The van der Waals surface area contributed by atoms with Gasteiger partial charge in [-0.3, -0.25) is 10.1 Å². The molecule has 0 bridgehead atoms. The number of allylic oxidation sites excluding steroid dienone is 1. The second kappa shape index (κ2) is 5.31. The van der Waals surface area contributed by atoms with Crippen LogP contribution in [0.2, 0.25) is 0 Å². The van der Waals surface area contributed by atoms with E-state index in [1.165, 1.54) is 11.8 Å². The Hall–Kier alpha value is -1.36. The summed E-state index contributed by atoms with van der Waals surface area (Å²) in [7, 11) is 0. The molecule has 5 heteroatoms. The molecule has 0 radical (unpaired) electrons. The Morgan fingerprint density at radius 2 is 2.41 bits per heavy atom. The summed E-state index contributed by atoms with van der Waals surface area (Å²) in [6.07, 6.45) is 9.27. The number of nitro groups is 1. The molecule has 0 amide bonds. The summed E-state index contributed by atoms with van der Waals surface area (Å²) in [5.41, 5.74) is 0.939. The maximum Gasteiger partial charge on any atom is 0.301 e. The van der Waals surface area contributed by atoms with Crippen LogP contribution in [-0.4, -0.2) is 15.2 Å². The van der Waals surface area contributed by atoms with Crippen molar-refractivity contribution in [1.29, 1.82) is 0 Å². The van der Waals surface area contributed by atoms with Crippen molar-refractivity contribution in [3.8, 4) is 0 Å². The van der Waals surface area contributed by atoms with E-state index in [0.29, 0.717) is 10.3 Å². The fourth-order valence-corrected chi connectivity index (χ4v) is 2.91. The number of pyridine rings is 1. The summed E-state index contributed by atoms with van der Waals surface area (Å²) in [5, 5.41) is 11.8. The van der Waals surface area contributed by atoms with Gasteiger partial charge in [-0.1, -0.05) is 23.9 Å². The molecule has 0 spiro atoms. The van der Waals surface area contributed by atoms with Crippen LogP contribution in [0.15, 0.2) is 29.4 Å². The highest BCUT2D eigenvalue weighted by molar-refractivity contribution is 8.00. The van der Waals surface area contributed by atoms with Gasteiger partial charge < -0.3 is 0 Å². The van der Waals surface area contributed by atoms with Crippen molar-refractivity contribution in [3.63, 3.8) is 0 Å². The van der Waals surface area contributed by atoms with Gasteiger partial charge >= 0.3 is 5.69 Å². The Bertz CT molecular complexity index is 460. The summed E-state index contributed by atoms with van der Waals surface area (Å²) in [5.74, 6) is 0. The van der Waals surface area contributed by atoms with Gasteiger partial charge in [-0.25, -0.2) is 4.98 Å². The van der Waals surface area contributed by atoms with Crippen molar-refractivity contribution in [3.05, 3.63) is 40.1 Å². The molecule has 0 aliphatic heterocycles. The predicted octanol–water partition coefficient (Wildman–Crippen LogP) is 3.50. The maximum atomic E-state index is 10.9. The monoisotopic (exact) mass is 250 g/mol. The van der Waals surface area contributed by atoms with Gasteiger partial charge in [-0.05, 0) is 31.7 Å². The first-order valence-corrected chi connectivity index (χ1v) is 6.49. The van der Waals surface area contributed by atoms with Gasteiger partial charge in [0, 0.05) is 17.5 Å². The molecule has 1 atom stereocenters. The highest BCUT2D eigenvalue weighted by Crippen LogP contribution is 2.34. The van der Waals surface area contributed by atoms with Crippen LogP contribution in [-0.2, 0) is 0 Å². The lowest BCUT2D eigenvalue weighted by molar-refractivity contribution is -0.388. The molecule has 1 aliphatic rings. The Kier molecular flexibility index (Phi) is 3.78. The van der Waals surface area contributed by atoms with Crippen LogP contribution in [0.4, 0.5) is 5.69 Å². The van der Waals surface area contributed by atoms with Gasteiger partial charge in [-0.2, -0.15) is 0 Å². The van der Waals surface area contributed by atoms with Crippen molar-refractivity contribution in [2.24, 2.45) is 0 Å². The molecule has 90 valence electrons. The van der Waals surface area contributed by atoms with Gasteiger partial charge in [0.05, 0.1) is 4.92 Å². The molecule has 0 saturated carbocycles. The zero-order valence-electron chi connectivity index (χ0n) is 9.63. The number of thioether (sulfide) groups is 1. The molecule has 4 nitrogen and oxygen atoms in total. The second-order valence-electron chi connectivity index (χ2n) is 4.11. The second-order valence-corrected chi connectivity index (χ2v) is 5.34. The highest BCUT2D eigenvalue weighted by Gasteiger charge is 2.20. The van der Waals surface area contributed by atoms with Gasteiger partial charge in [0.15, 0.2) is 5.03 Å². The summed E-state index contributed by atoms with van der Waals surface area (Å²) >= 11 is 1.49. The van der Waals surface area contributed by atoms with Crippen LogP contribution in [0.3, 0.4) is 0 Å². The van der Waals surface area contributed by atoms with Crippen LogP contribution in [0.1, 0.15) is 24.8 Å². The number of hydrogen-bond donors (Lipinski definition) is 0. The third-order valence-electron chi connectivity index (χ3n) is 2.64. The van der Waals surface area contributed by atoms with Crippen molar-refractivity contribution in [2.45, 2.75) is 36.5 Å². The third kappa shape index (κ3) is 3.06. The smallest absolute Gasteiger partial charge is 0.258 e. The minimum atomic E-state index is -0.352. The number of nitrogens with zero attached hydrogens (tertiary/aromatic N) is 2. The molecule has 0 aromatic carbocycles. The normalized spacial score (nSPS) is 19.2. The van der Waals surface area contributed by atoms with Crippen LogP contribution < -0.4 is 0 Å². The minimum Gasteiger partial charge on any atom is -0.258 e. The fraction of sp³-hybridized carbons (Fsp3) is 0.417. The lowest BCUT2D eigenvalue weighted by Crippen LogP contribution is -2.04. The van der Waals surface area contributed by atoms with Crippen molar-refractivity contribution >= 4 is 17.4 Å². The zero-order chi connectivity index (χ0) is 12.3. The first kappa shape index (κ1) is 12.1. The fourth-order valence-electron chi connectivity index (χ4n) is 1.79. The molecule has 1 aromatic rings. The average Bonchev–Trinajstić information content (AvgIpc) is 2.32. The quantitative estimate of drug-likeness (QED) is 0.468. The number of aromatic nitrogens is 1. The predicted molar refractivity (Wildman–Crippen MR) is 68.3 cm³/mol. The Morgan fingerprint density at radius 3 is 3.06 bits per heavy atom. The van der Waals surface area contributed by atoms with Gasteiger partial charge in [0.2, 0.25) is 0 Å². The Labute approximate surface area is 104 Å². The highest BCUT2D eigenvalue weighted by atomic mass is 32.2. The van der Waals surface area contributed by atoms with Gasteiger partial charge in [-0.15, -0.1) is 0 Å². The number of aryl methyl sites for hydroxylation is 1. The van der Waals surface area contributed by atoms with E-state index < -0.39 is 0 Å². The molecule has 2 rings (SSSR count). The van der Waals surface area contributed by atoms with Crippen molar-refractivity contribution in [1.82, 2.24) is 4.98 Å². The van der Waals surface area contributed by atoms with Crippen LogP contribution in [0, 0.1) is 17.0 Å². The molecule has 17 heavy (non-hydrogen) atoms. The maximum absolute atomic E-state index is 10.9. The van der Waals surface area contributed by atoms with Gasteiger partial charge in [0.1, 0.15) is 0 Å². The molecule has 0 fully saturated rings. The van der Waals surface area contributed by atoms with Crippen molar-refractivity contribution in [2.75, 3.05) is 0 Å². The molecule has 1 unspecified atom stereocenters. The zero-order valence-corrected chi connectivity index (χ0v) is 10.4. The lowest BCUT2D eigenvalue weighted by Gasteiger charge is -2.14. The van der Waals surface area contributed by atoms with Crippen LogP contribution in [0.5, 0.6) is 0 Å². The molecular formula is C12H14N2O2S. The van der Waals surface area contributed by atoms with E-state index in [9.17, 15) is 10.1 Å². The van der Waals surface area contributed by atoms with E-state index in [1.54, 1.807) is 12.3 Å². The largest absolute Gasteiger partial charge is 0.301 e. The molecule has 1 aliphatic carbocycles. The van der Waals surface area contributed by atoms with E-state index >= 15 is 0 Å². The average molecular weight is 250 g/mol. The summed E-state index contributed by atoms with van der Waals surface area (Å²) in [4.78, 5) is 14.8. The molecular weight excluding hydrogens is 236 g/mol. The van der Waals surface area contributed by atoms with E-state index in [-0.39, 0.29) is 10.6 Å². The Morgan fingerprint density at radius 1 is 1.59 bits per heavy atom. The number of hydrogen-bond acceptors (Lipinski definition) is 4. The van der Waals surface area contributed by atoms with E-state index in [4.69, 9.17) is 0 Å². The summed E-state index contributed by atoms with van der Waals surface area (Å²) in [6.45, 7) is 1.81. The molecule has 1 aromatic heterocycles. The van der Waals surface area contributed by atoms with Crippen LogP contribution >= 0.6 is 11.8 Å². The lowest BCUT2D eigenvalue weighted by atomic mass is 10.1. The van der Waals surface area contributed by atoms with E-state index in [1.807, 2.05) is 6.92 Å². The molecule has 1 heterocycles. The summed E-state index contributed by atoms with van der Waals surface area (Å²) in [6, 6.07) is 1.59. The van der Waals surface area contributed by atoms with E-state index in [0.717, 1.165) is 24.8 Å². The SMILES string of the molecule is Cc1cnc(SC2C=CCCC2)c([N+](=O)[O-])c1. The first-order valence-electron chi connectivity index (χ1n) is 5.61. The van der Waals surface area contributed by atoms with Crippen molar-refractivity contribution < 1.29 is 4.92 Å². The standard InChI is InChI=1S/C12H14N2O2S/c1-9-7-11(14(15)16)12(13-8-9)17-10-5-3-2-4-6-10/h3,5,7-8,10H,2,4,6H2,1H3.